The van der Waals surface area contributed by atoms with Gasteiger partial charge in [-0.1, -0.05) is 34.6 Å². The van der Waals surface area contributed by atoms with Crippen molar-refractivity contribution >= 4 is 29.4 Å². The number of hydrogen-bond donors (Lipinski definition) is 5. The van der Waals surface area contributed by atoms with E-state index in [1.807, 2.05) is 0 Å². The van der Waals surface area contributed by atoms with Crippen molar-refractivity contribution in [2.45, 2.75) is 66.6 Å². The first kappa shape index (κ1) is 25.8. The number of ketones is 1. The Morgan fingerprint density at radius 3 is 2.00 bits per heavy atom. The molecule has 0 aliphatic rings. The summed E-state index contributed by atoms with van der Waals surface area (Å²) in [6, 6.07) is -1.57. The Hall–Kier alpha value is -3.24. The average Bonchev–Trinajstić information content (AvgIpc) is 3.08. The van der Waals surface area contributed by atoms with Gasteiger partial charge >= 0.3 is 0 Å². The van der Waals surface area contributed by atoms with Gasteiger partial charge in [-0.3, -0.25) is 29.1 Å². The molecule has 1 aromatic rings. The fourth-order valence-electron chi connectivity index (χ4n) is 2.74. The van der Waals surface area contributed by atoms with Gasteiger partial charge in [-0.25, -0.2) is 0 Å². The normalized spacial score (nSPS) is 14.3. The maximum absolute atomic E-state index is 12.9. The number of aromatic amines is 1. The molecule has 0 fully saturated rings. The second-order valence-corrected chi connectivity index (χ2v) is 8.90. The molecule has 31 heavy (non-hydrogen) atoms. The maximum atomic E-state index is 12.9. The number of hydrogen-bond acceptors (Lipinski definition) is 6. The molecule has 0 aliphatic heterocycles. The Balaban J connectivity index is 2.89. The van der Waals surface area contributed by atoms with E-state index in [1.165, 1.54) is 6.92 Å². The molecule has 1 heterocycles. The summed E-state index contributed by atoms with van der Waals surface area (Å²) in [6.45, 7) is 11.8. The van der Waals surface area contributed by atoms with Gasteiger partial charge in [-0.2, -0.15) is 5.10 Å². The predicted molar refractivity (Wildman–Crippen MR) is 113 cm³/mol. The molecule has 1 aromatic heterocycles. The molecule has 6 N–H and O–H groups in total. The number of Topliss-reactive ketones (excluding diaryl/α,β-unsaturated/α-hetero) is 1. The minimum Gasteiger partial charge on any atom is -0.363 e. The highest BCUT2D eigenvalue weighted by molar-refractivity contribution is 6.38. The van der Waals surface area contributed by atoms with Crippen LogP contribution in [0, 0.1) is 18.3 Å². The molecule has 11 nitrogen and oxygen atoms in total. The summed E-state index contributed by atoms with van der Waals surface area (Å²) in [7, 11) is 0. The molecule has 0 radical (unpaired) electrons. The van der Waals surface area contributed by atoms with Gasteiger partial charge in [0.25, 0.3) is 11.8 Å². The van der Waals surface area contributed by atoms with Gasteiger partial charge in [0.15, 0.2) is 0 Å². The summed E-state index contributed by atoms with van der Waals surface area (Å²) in [5.74, 6) is -4.24. The Morgan fingerprint density at radius 2 is 1.58 bits per heavy atom. The van der Waals surface area contributed by atoms with Crippen LogP contribution in [0.25, 0.3) is 0 Å². The van der Waals surface area contributed by atoms with E-state index in [9.17, 15) is 24.0 Å². The lowest BCUT2D eigenvalue weighted by molar-refractivity contribution is -0.139. The summed E-state index contributed by atoms with van der Waals surface area (Å²) in [5.41, 5.74) is 5.18. The Kier molecular flexibility index (Phi) is 8.47. The van der Waals surface area contributed by atoms with E-state index in [4.69, 9.17) is 5.73 Å². The third-order valence-corrected chi connectivity index (χ3v) is 4.58. The largest absolute Gasteiger partial charge is 0.363 e. The van der Waals surface area contributed by atoms with E-state index >= 15 is 0 Å². The second kappa shape index (κ2) is 10.2. The van der Waals surface area contributed by atoms with Gasteiger partial charge in [-0.05, 0) is 31.2 Å². The van der Waals surface area contributed by atoms with Crippen LogP contribution in [0.3, 0.4) is 0 Å². The molecule has 0 saturated carbocycles. The summed E-state index contributed by atoms with van der Waals surface area (Å²) < 4.78 is 0. The van der Waals surface area contributed by atoms with Crippen LogP contribution in [0.4, 0.5) is 0 Å². The topological polar surface area (TPSA) is 176 Å². The lowest BCUT2D eigenvalue weighted by Gasteiger charge is -2.31. The van der Waals surface area contributed by atoms with Crippen LogP contribution in [0.1, 0.15) is 57.7 Å². The first-order valence-corrected chi connectivity index (χ1v) is 9.92. The molecule has 0 bridgehead atoms. The van der Waals surface area contributed by atoms with Crippen LogP contribution < -0.4 is 21.7 Å². The molecule has 0 aliphatic carbocycles. The second-order valence-electron chi connectivity index (χ2n) is 8.90. The van der Waals surface area contributed by atoms with Gasteiger partial charge in [-0.15, -0.1) is 0 Å². The van der Waals surface area contributed by atoms with E-state index < -0.39 is 53.0 Å². The van der Waals surface area contributed by atoms with Gasteiger partial charge < -0.3 is 21.7 Å². The first-order valence-electron chi connectivity index (χ1n) is 9.92. The van der Waals surface area contributed by atoms with E-state index in [1.54, 1.807) is 47.6 Å². The number of nitrogens with zero attached hydrogens (tertiary/aromatic N) is 1. The van der Waals surface area contributed by atoms with Crippen LogP contribution in [0.5, 0.6) is 0 Å². The average molecular weight is 437 g/mol. The zero-order chi connectivity index (χ0) is 24.1. The Bertz CT molecular complexity index is 854. The zero-order valence-electron chi connectivity index (χ0n) is 19.0. The maximum Gasteiger partial charge on any atom is 0.287 e. The summed E-state index contributed by atoms with van der Waals surface area (Å²) in [5, 5.41) is 14.2. The summed E-state index contributed by atoms with van der Waals surface area (Å²) >= 11 is 0. The number of aromatic nitrogens is 2. The van der Waals surface area contributed by atoms with Crippen molar-refractivity contribution in [3.63, 3.8) is 0 Å². The third-order valence-electron chi connectivity index (χ3n) is 4.58. The minimum absolute atomic E-state index is 0.134. The first-order chi connectivity index (χ1) is 14.1. The quantitative estimate of drug-likeness (QED) is 0.328. The highest BCUT2D eigenvalue weighted by Gasteiger charge is 2.35. The number of carbonyl (C=O) groups excluding carboxylic acids is 5. The smallest absolute Gasteiger partial charge is 0.287 e. The SMILES string of the molecule is Cc1cc(C(=O)NC(C(=O)NC(C)C(=O)NC(C(=O)C(N)=O)C(C)C)C(C)(C)C)n[nH]1. The molecule has 172 valence electrons. The third kappa shape index (κ3) is 7.19. The molecule has 3 unspecified atom stereocenters. The van der Waals surface area contributed by atoms with Crippen molar-refractivity contribution in [2.75, 3.05) is 0 Å². The molecule has 11 heteroatoms. The number of primary amides is 1. The zero-order valence-corrected chi connectivity index (χ0v) is 19.0. The van der Waals surface area contributed by atoms with Gasteiger partial charge in [0, 0.05) is 5.69 Å². The van der Waals surface area contributed by atoms with Crippen LogP contribution in [0.15, 0.2) is 6.07 Å². The number of carbonyl (C=O) groups is 5. The summed E-state index contributed by atoms with van der Waals surface area (Å²) in [4.78, 5) is 61.0. The molecule has 1 rings (SSSR count). The molecule has 4 amide bonds. The predicted octanol–water partition coefficient (Wildman–Crippen LogP) is -0.437. The molecule has 0 spiro atoms. The van der Waals surface area contributed by atoms with Crippen molar-refractivity contribution in [3.05, 3.63) is 17.5 Å². The van der Waals surface area contributed by atoms with Crippen LogP contribution in [-0.2, 0) is 19.2 Å². The number of rotatable bonds is 9. The van der Waals surface area contributed by atoms with Crippen molar-refractivity contribution in [2.24, 2.45) is 17.1 Å². The molecular weight excluding hydrogens is 404 g/mol. The van der Waals surface area contributed by atoms with E-state index in [0.717, 1.165) is 0 Å². The standard InChI is InChI=1S/C20H32N6O5/c1-9(2)13(14(27)16(21)28)23-17(29)11(4)22-19(31)15(20(5,6)7)24-18(30)12-8-10(3)25-26-12/h8-9,11,13,15H,1-7H3,(H2,21,28)(H,22,31)(H,23,29)(H,24,30)(H,25,26). The van der Waals surface area contributed by atoms with E-state index in [-0.39, 0.29) is 11.6 Å². The van der Waals surface area contributed by atoms with Crippen molar-refractivity contribution in [1.29, 1.82) is 0 Å². The molecule has 0 aromatic carbocycles. The highest BCUT2D eigenvalue weighted by atomic mass is 16.2. The Morgan fingerprint density at radius 1 is 1.00 bits per heavy atom. The minimum atomic E-state index is -1.15. The van der Waals surface area contributed by atoms with Crippen molar-refractivity contribution in [1.82, 2.24) is 26.1 Å². The number of nitrogens with one attached hydrogen (secondary N) is 4. The number of amides is 4. The van der Waals surface area contributed by atoms with Crippen molar-refractivity contribution in [3.8, 4) is 0 Å². The van der Waals surface area contributed by atoms with Gasteiger partial charge in [0.05, 0.1) is 6.04 Å². The lowest BCUT2D eigenvalue weighted by atomic mass is 9.85. The summed E-state index contributed by atoms with van der Waals surface area (Å²) in [6.07, 6.45) is 0. The van der Waals surface area contributed by atoms with Crippen LogP contribution in [0.2, 0.25) is 0 Å². The lowest BCUT2D eigenvalue weighted by Crippen LogP contribution is -2.59. The van der Waals surface area contributed by atoms with E-state index in [0.29, 0.717) is 5.69 Å². The number of nitrogens with two attached hydrogens (primary N) is 1. The van der Waals surface area contributed by atoms with Crippen LogP contribution in [-0.4, -0.2) is 57.7 Å². The van der Waals surface area contributed by atoms with Gasteiger partial charge in [0.1, 0.15) is 17.8 Å². The number of aryl methyl sites for hydroxylation is 1. The van der Waals surface area contributed by atoms with Gasteiger partial charge in [0.2, 0.25) is 17.6 Å². The molecule has 3 atom stereocenters. The fraction of sp³-hybridized carbons (Fsp3) is 0.600. The van der Waals surface area contributed by atoms with Crippen molar-refractivity contribution < 1.29 is 24.0 Å². The molecular formula is C20H32N6O5. The van der Waals surface area contributed by atoms with Crippen LogP contribution >= 0.6 is 0 Å². The Labute approximate surface area is 181 Å². The highest BCUT2D eigenvalue weighted by Crippen LogP contribution is 2.20. The van der Waals surface area contributed by atoms with E-state index in [2.05, 4.69) is 26.1 Å². The molecule has 0 saturated heterocycles. The number of H-pyrrole nitrogens is 1. The fourth-order valence-corrected chi connectivity index (χ4v) is 2.74. The monoisotopic (exact) mass is 436 g/mol.